The fourth-order valence-corrected chi connectivity index (χ4v) is 5.86. The Hall–Kier alpha value is -3.50. The van der Waals surface area contributed by atoms with E-state index in [1.54, 1.807) is 36.7 Å². The summed E-state index contributed by atoms with van der Waals surface area (Å²) >= 11 is 0. The van der Waals surface area contributed by atoms with Crippen LogP contribution in [0.3, 0.4) is 0 Å². The highest BCUT2D eigenvalue weighted by Crippen LogP contribution is 2.39. The smallest absolute Gasteiger partial charge is 0.243 e. The van der Waals surface area contributed by atoms with Crippen molar-refractivity contribution in [3.05, 3.63) is 96.2 Å². The molecule has 1 aliphatic heterocycles. The third-order valence-corrected chi connectivity index (χ3v) is 8.58. The molecule has 0 atom stereocenters. The van der Waals surface area contributed by atoms with Gasteiger partial charge in [0.25, 0.3) is 0 Å². The number of ether oxygens (including phenoxy) is 1. The maximum Gasteiger partial charge on any atom is 0.243 e. The Morgan fingerprint density at radius 2 is 1.82 bits per heavy atom. The zero-order valence-corrected chi connectivity index (χ0v) is 24.0. The fourth-order valence-electron chi connectivity index (χ4n) is 4.98. The third-order valence-electron chi connectivity index (χ3n) is 7.12. The number of benzene rings is 2. The molecule has 0 amide bonds. The molecule has 5 rings (SSSR count). The van der Waals surface area contributed by atoms with Gasteiger partial charge in [0.2, 0.25) is 10.0 Å². The number of aromatic nitrogens is 2. The van der Waals surface area contributed by atoms with Crippen LogP contribution in [0.15, 0.2) is 84.2 Å². The molecule has 7 nitrogen and oxygen atoms in total. The Morgan fingerprint density at radius 1 is 1.07 bits per heavy atom. The highest BCUT2D eigenvalue weighted by Gasteiger charge is 2.21. The minimum atomic E-state index is -3.58. The largest absolute Gasteiger partial charge is 0.495 e. The minimum Gasteiger partial charge on any atom is -0.495 e. The predicted molar refractivity (Wildman–Crippen MR) is 159 cm³/mol. The number of rotatable bonds is 9. The second-order valence-corrected chi connectivity index (χ2v) is 11.3. The number of halogens is 2. The summed E-state index contributed by atoms with van der Waals surface area (Å²) in [4.78, 5) is 10.1. The Balaban J connectivity index is 0.00000370. The Kier molecular flexibility index (Phi) is 9.42. The van der Waals surface area contributed by atoms with Crippen LogP contribution in [0.4, 0.5) is 4.39 Å². The van der Waals surface area contributed by atoms with Crippen LogP contribution in [-0.2, 0) is 16.4 Å². The Labute approximate surface area is 240 Å². The van der Waals surface area contributed by atoms with Gasteiger partial charge in [-0.3, -0.25) is 9.88 Å². The van der Waals surface area contributed by atoms with Crippen LogP contribution in [0, 0.1) is 5.82 Å². The van der Waals surface area contributed by atoms with Crippen LogP contribution in [0.1, 0.15) is 17.5 Å². The molecule has 2 aromatic heterocycles. The molecule has 4 aromatic rings. The summed E-state index contributed by atoms with van der Waals surface area (Å²) in [7, 11) is -0.717. The highest BCUT2D eigenvalue weighted by molar-refractivity contribution is 7.89. The number of methoxy groups -OCH3 is 1. The number of aromatic amines is 1. The Bertz CT molecular complexity index is 1590. The first kappa shape index (κ1) is 29.5. The topological polar surface area (TPSA) is 87.3 Å². The fraction of sp³-hybridized carbons (Fsp3) is 0.233. The summed E-state index contributed by atoms with van der Waals surface area (Å²) < 4.78 is 45.7. The molecule has 10 heteroatoms. The van der Waals surface area contributed by atoms with Gasteiger partial charge in [-0.05, 0) is 90.7 Å². The van der Waals surface area contributed by atoms with Gasteiger partial charge in [-0.1, -0.05) is 12.1 Å². The van der Waals surface area contributed by atoms with E-state index in [-0.39, 0.29) is 23.1 Å². The van der Waals surface area contributed by atoms with Gasteiger partial charge in [0.15, 0.2) is 0 Å². The van der Waals surface area contributed by atoms with Crippen molar-refractivity contribution in [2.24, 2.45) is 0 Å². The van der Waals surface area contributed by atoms with Gasteiger partial charge in [0.1, 0.15) is 16.5 Å². The minimum absolute atomic E-state index is 0. The summed E-state index contributed by atoms with van der Waals surface area (Å²) in [6, 6.07) is 15.8. The van der Waals surface area contributed by atoms with Crippen molar-refractivity contribution in [1.82, 2.24) is 19.6 Å². The summed E-state index contributed by atoms with van der Waals surface area (Å²) in [5, 5.41) is 0. The SMILES string of the molecule is CNS(=O)(=O)c1ccc(CCN2CC=C(c3c[nH]c(-c4ccc(F)cc4)c3-c3ccncc3)CC2)cc1OC.Cl. The van der Waals surface area contributed by atoms with E-state index >= 15 is 0 Å². The van der Waals surface area contributed by atoms with Gasteiger partial charge in [0.05, 0.1) is 12.8 Å². The standard InChI is InChI=1S/C30H31FN4O3S.ClH/c1-32-39(36,37)28-8-3-21(19-27(28)38-2)11-16-35-17-12-22(13-18-35)26-20-34-30(24-4-6-25(31)7-5-24)29(26)23-9-14-33-15-10-23;/h3-10,12,14-15,19-20,32,34H,11,13,16-18H2,1-2H3;1H. The number of H-pyrrole nitrogens is 1. The van der Waals surface area contributed by atoms with Crippen LogP contribution in [0.5, 0.6) is 5.75 Å². The number of nitrogens with zero attached hydrogens (tertiary/aromatic N) is 2. The van der Waals surface area contributed by atoms with Gasteiger partial charge in [-0.25, -0.2) is 17.5 Å². The lowest BCUT2D eigenvalue weighted by molar-refractivity contribution is 0.305. The molecule has 0 spiro atoms. The zero-order valence-electron chi connectivity index (χ0n) is 22.4. The average molecular weight is 583 g/mol. The third kappa shape index (κ3) is 6.28. The molecule has 0 unspecified atom stereocenters. The van der Waals surface area contributed by atoms with Crippen molar-refractivity contribution >= 4 is 28.0 Å². The summed E-state index contributed by atoms with van der Waals surface area (Å²) in [6.45, 7) is 2.56. The first-order chi connectivity index (χ1) is 18.9. The van der Waals surface area contributed by atoms with Gasteiger partial charge < -0.3 is 9.72 Å². The molecule has 1 aliphatic rings. The van der Waals surface area contributed by atoms with E-state index < -0.39 is 10.0 Å². The summed E-state index contributed by atoms with van der Waals surface area (Å²) in [6.07, 6.45) is 9.56. The summed E-state index contributed by atoms with van der Waals surface area (Å²) in [5.74, 6) is 0.0826. The molecule has 0 aliphatic carbocycles. The maximum absolute atomic E-state index is 13.6. The van der Waals surface area contributed by atoms with Crippen molar-refractivity contribution in [2.75, 3.05) is 33.8 Å². The molecule has 2 aromatic carbocycles. The molecule has 2 N–H and O–H groups in total. The quantitative estimate of drug-likeness (QED) is 0.270. The zero-order chi connectivity index (χ0) is 27.4. The molecular weight excluding hydrogens is 551 g/mol. The first-order valence-corrected chi connectivity index (χ1v) is 14.3. The lowest BCUT2D eigenvalue weighted by Crippen LogP contribution is -2.30. The van der Waals surface area contributed by atoms with Gasteiger partial charge in [-0.2, -0.15) is 0 Å². The molecule has 0 bridgehead atoms. The molecule has 3 heterocycles. The average Bonchev–Trinajstić information content (AvgIpc) is 3.42. The molecule has 40 heavy (non-hydrogen) atoms. The Morgan fingerprint density at radius 3 is 2.48 bits per heavy atom. The number of sulfonamides is 1. The van der Waals surface area contributed by atoms with E-state index in [1.165, 1.54) is 31.9 Å². The molecule has 0 fully saturated rings. The van der Waals surface area contributed by atoms with Crippen LogP contribution < -0.4 is 9.46 Å². The van der Waals surface area contributed by atoms with E-state index in [0.29, 0.717) is 5.75 Å². The molecular formula is C30H32ClFN4O3S. The predicted octanol–water partition coefficient (Wildman–Crippen LogP) is 5.55. The monoisotopic (exact) mass is 582 g/mol. The maximum atomic E-state index is 13.6. The number of nitrogens with one attached hydrogen (secondary N) is 2. The number of hydrogen-bond acceptors (Lipinski definition) is 5. The van der Waals surface area contributed by atoms with E-state index in [4.69, 9.17) is 4.74 Å². The summed E-state index contributed by atoms with van der Waals surface area (Å²) in [5.41, 5.74) is 7.46. The molecule has 0 saturated carbocycles. The van der Waals surface area contributed by atoms with Crippen LogP contribution in [0.25, 0.3) is 28.0 Å². The van der Waals surface area contributed by atoms with E-state index in [1.807, 2.05) is 24.4 Å². The molecule has 0 saturated heterocycles. The van der Waals surface area contributed by atoms with Crippen LogP contribution >= 0.6 is 12.4 Å². The second kappa shape index (κ2) is 12.8. The van der Waals surface area contributed by atoms with Crippen molar-refractivity contribution in [2.45, 2.75) is 17.7 Å². The van der Waals surface area contributed by atoms with Gasteiger partial charge in [0, 0.05) is 49.4 Å². The van der Waals surface area contributed by atoms with Crippen LogP contribution in [-0.4, -0.2) is 57.1 Å². The highest BCUT2D eigenvalue weighted by atomic mass is 35.5. The first-order valence-electron chi connectivity index (χ1n) is 12.8. The number of pyridine rings is 1. The van der Waals surface area contributed by atoms with E-state index in [0.717, 1.165) is 66.0 Å². The molecule has 0 radical (unpaired) electrons. The second-order valence-electron chi connectivity index (χ2n) is 9.42. The van der Waals surface area contributed by atoms with Crippen molar-refractivity contribution < 1.29 is 17.5 Å². The van der Waals surface area contributed by atoms with Crippen LogP contribution in [0.2, 0.25) is 0 Å². The van der Waals surface area contributed by atoms with Crippen molar-refractivity contribution in [3.8, 4) is 28.1 Å². The van der Waals surface area contributed by atoms with Crippen molar-refractivity contribution in [3.63, 3.8) is 0 Å². The normalized spacial score (nSPS) is 13.9. The van der Waals surface area contributed by atoms with Crippen molar-refractivity contribution in [1.29, 1.82) is 0 Å². The number of hydrogen-bond donors (Lipinski definition) is 2. The molecule has 210 valence electrons. The van der Waals surface area contributed by atoms with E-state index in [2.05, 4.69) is 25.7 Å². The van der Waals surface area contributed by atoms with Gasteiger partial charge in [-0.15, -0.1) is 12.4 Å². The van der Waals surface area contributed by atoms with Gasteiger partial charge >= 0.3 is 0 Å². The lowest BCUT2D eigenvalue weighted by Gasteiger charge is -2.26. The van der Waals surface area contributed by atoms with E-state index in [9.17, 15) is 12.8 Å². The lowest BCUT2D eigenvalue weighted by atomic mass is 9.92.